The van der Waals surface area contributed by atoms with Crippen LogP contribution in [0.1, 0.15) is 161 Å². The molecule has 0 aromatic rings. The van der Waals surface area contributed by atoms with Gasteiger partial charge in [0.1, 0.15) is 30.5 Å². The molecule has 0 bridgehead atoms. The van der Waals surface area contributed by atoms with E-state index in [0.29, 0.717) is 6.42 Å². The number of carbonyl (C=O) groups excluding carboxylic acids is 1. The van der Waals surface area contributed by atoms with E-state index < -0.39 is 55.6 Å². The van der Waals surface area contributed by atoms with Crippen LogP contribution in [0, 0.1) is 0 Å². The van der Waals surface area contributed by atoms with Crippen LogP contribution in [0.25, 0.3) is 0 Å². The minimum Gasteiger partial charge on any atom is -0.394 e. The zero-order valence-corrected chi connectivity index (χ0v) is 31.5. The molecule has 0 saturated carbocycles. The number of carbonyl (C=O) groups is 1. The third-order valence-corrected chi connectivity index (χ3v) is 10.6. The highest BCUT2D eigenvalue weighted by atomic mass is 16.7. The molecule has 2 fully saturated rings. The molecule has 2 aliphatic rings. The first-order chi connectivity index (χ1) is 24.3. The van der Waals surface area contributed by atoms with Gasteiger partial charge in [-0.1, -0.05) is 122 Å². The van der Waals surface area contributed by atoms with Crippen molar-refractivity contribution in [2.24, 2.45) is 0 Å². The Bertz CT molecular complexity index is 816. The molecule has 0 unspecified atom stereocenters. The van der Waals surface area contributed by atoms with Crippen molar-refractivity contribution in [1.82, 2.24) is 10.2 Å². The molecular formula is C39H76N2O9. The van der Waals surface area contributed by atoms with E-state index >= 15 is 0 Å². The summed E-state index contributed by atoms with van der Waals surface area (Å²) in [4.78, 5) is 15.5. The monoisotopic (exact) mass is 717 g/mol. The molecule has 2 heterocycles. The summed E-state index contributed by atoms with van der Waals surface area (Å²) in [5.41, 5.74) is 0. The van der Waals surface area contributed by atoms with E-state index in [0.717, 1.165) is 51.4 Å². The van der Waals surface area contributed by atoms with Crippen molar-refractivity contribution in [3.8, 4) is 0 Å². The molecule has 1 amide bonds. The molecule has 50 heavy (non-hydrogen) atoms. The maximum atomic E-state index is 12.9. The van der Waals surface area contributed by atoms with Crippen molar-refractivity contribution in [2.45, 2.75) is 210 Å². The number of nitrogens with zero attached hydrogens (tertiary/aromatic N) is 1. The first-order valence-electron chi connectivity index (χ1n) is 20.6. The molecule has 7 N–H and O–H groups in total. The molecule has 0 aromatic heterocycles. The van der Waals surface area contributed by atoms with Gasteiger partial charge < -0.3 is 50.3 Å². The Morgan fingerprint density at radius 3 is 1.82 bits per heavy atom. The van der Waals surface area contributed by atoms with Crippen LogP contribution in [-0.4, -0.2) is 123 Å². The minimum absolute atomic E-state index is 0.258. The van der Waals surface area contributed by atoms with E-state index in [1.807, 2.05) is 0 Å². The summed E-state index contributed by atoms with van der Waals surface area (Å²) >= 11 is 0. The zero-order valence-electron chi connectivity index (χ0n) is 31.5. The average Bonchev–Trinajstić information content (AvgIpc) is 3.64. The van der Waals surface area contributed by atoms with Crippen LogP contribution in [0.15, 0.2) is 0 Å². The van der Waals surface area contributed by atoms with Crippen molar-refractivity contribution in [2.75, 3.05) is 32.8 Å². The summed E-state index contributed by atoms with van der Waals surface area (Å²) in [6.45, 7) is 5.10. The van der Waals surface area contributed by atoms with Gasteiger partial charge in [0.05, 0.1) is 25.4 Å². The molecule has 11 heteroatoms. The van der Waals surface area contributed by atoms with E-state index in [-0.39, 0.29) is 18.9 Å². The SMILES string of the molecule is CCCCCCCCCCCCCC[C@@H](O)[C@@H](O)[C@H](CO[C@H]1O[C@H](CO)[C@H](O)[C@H](O)[C@H]1O)NC(=O)CCCCCCCCCCN1CCCC1. The van der Waals surface area contributed by atoms with Crippen LogP contribution in [0.4, 0.5) is 0 Å². The van der Waals surface area contributed by atoms with Crippen LogP contribution in [0.5, 0.6) is 0 Å². The van der Waals surface area contributed by atoms with Gasteiger partial charge in [0.25, 0.3) is 0 Å². The normalized spacial score (nSPS) is 24.7. The predicted molar refractivity (Wildman–Crippen MR) is 197 cm³/mol. The number of unbranched alkanes of at least 4 members (excludes halogenated alkanes) is 18. The van der Waals surface area contributed by atoms with E-state index in [2.05, 4.69) is 17.1 Å². The Balaban J connectivity index is 1.71. The lowest BCUT2D eigenvalue weighted by atomic mass is 9.98. The number of hydrogen-bond donors (Lipinski definition) is 7. The lowest BCUT2D eigenvalue weighted by molar-refractivity contribution is -0.303. The number of nitrogens with one attached hydrogen (secondary N) is 1. The Labute approximate surface area is 303 Å². The highest BCUT2D eigenvalue weighted by Gasteiger charge is 2.44. The number of aliphatic hydroxyl groups excluding tert-OH is 6. The second-order valence-electron chi connectivity index (χ2n) is 15.1. The largest absolute Gasteiger partial charge is 0.394 e. The average molecular weight is 717 g/mol. The fourth-order valence-electron chi connectivity index (χ4n) is 7.23. The quantitative estimate of drug-likeness (QED) is 0.0499. The van der Waals surface area contributed by atoms with Gasteiger partial charge in [-0.15, -0.1) is 0 Å². The summed E-state index contributed by atoms with van der Waals surface area (Å²) in [6.07, 6.45) is 17.0. The lowest BCUT2D eigenvalue weighted by Gasteiger charge is -2.40. The molecule has 0 radical (unpaired) electrons. The molecular weight excluding hydrogens is 640 g/mol. The first-order valence-corrected chi connectivity index (χ1v) is 20.6. The maximum absolute atomic E-state index is 12.9. The molecule has 11 nitrogen and oxygen atoms in total. The number of rotatable bonds is 31. The molecule has 2 saturated heterocycles. The summed E-state index contributed by atoms with van der Waals surface area (Å²) < 4.78 is 11.1. The highest BCUT2D eigenvalue weighted by molar-refractivity contribution is 5.76. The maximum Gasteiger partial charge on any atom is 0.220 e. The summed E-state index contributed by atoms with van der Waals surface area (Å²) in [5.74, 6) is -0.258. The van der Waals surface area contributed by atoms with Gasteiger partial charge in [-0.05, 0) is 51.7 Å². The molecule has 0 aliphatic carbocycles. The van der Waals surface area contributed by atoms with Gasteiger partial charge in [-0.3, -0.25) is 4.79 Å². The van der Waals surface area contributed by atoms with Gasteiger partial charge in [0, 0.05) is 6.42 Å². The van der Waals surface area contributed by atoms with Gasteiger partial charge >= 0.3 is 0 Å². The summed E-state index contributed by atoms with van der Waals surface area (Å²) in [7, 11) is 0. The van der Waals surface area contributed by atoms with Crippen molar-refractivity contribution in [1.29, 1.82) is 0 Å². The van der Waals surface area contributed by atoms with Crippen LogP contribution >= 0.6 is 0 Å². The minimum atomic E-state index is -1.60. The third-order valence-electron chi connectivity index (χ3n) is 10.6. The van der Waals surface area contributed by atoms with Gasteiger partial charge in [0.15, 0.2) is 6.29 Å². The Kier molecular flexibility index (Phi) is 25.9. The zero-order chi connectivity index (χ0) is 36.4. The fourth-order valence-corrected chi connectivity index (χ4v) is 7.23. The topological polar surface area (TPSA) is 172 Å². The van der Waals surface area contributed by atoms with Crippen LogP contribution in [0.3, 0.4) is 0 Å². The van der Waals surface area contributed by atoms with Gasteiger partial charge in [0.2, 0.25) is 5.91 Å². The van der Waals surface area contributed by atoms with Crippen molar-refractivity contribution in [3.63, 3.8) is 0 Å². The van der Waals surface area contributed by atoms with E-state index in [9.17, 15) is 35.4 Å². The molecule has 2 aliphatic heterocycles. The fraction of sp³-hybridized carbons (Fsp3) is 0.974. The molecule has 296 valence electrons. The Morgan fingerprint density at radius 2 is 1.26 bits per heavy atom. The van der Waals surface area contributed by atoms with Crippen molar-refractivity contribution >= 4 is 5.91 Å². The third kappa shape index (κ3) is 19.3. The molecule has 2 rings (SSSR count). The van der Waals surface area contributed by atoms with Crippen molar-refractivity contribution in [3.05, 3.63) is 0 Å². The molecule has 0 aromatic carbocycles. The van der Waals surface area contributed by atoms with Crippen LogP contribution in [0.2, 0.25) is 0 Å². The van der Waals surface area contributed by atoms with Gasteiger partial charge in [-0.2, -0.15) is 0 Å². The summed E-state index contributed by atoms with van der Waals surface area (Å²) in [5, 5.41) is 64.9. The molecule has 0 spiro atoms. The number of ether oxygens (including phenoxy) is 2. The number of likely N-dealkylation sites (tertiary alicyclic amines) is 1. The number of hydrogen-bond acceptors (Lipinski definition) is 10. The second-order valence-corrected chi connectivity index (χ2v) is 15.1. The number of amides is 1. The van der Waals surface area contributed by atoms with Crippen LogP contribution in [-0.2, 0) is 14.3 Å². The predicted octanol–water partition coefficient (Wildman–Crippen LogP) is 4.71. The van der Waals surface area contributed by atoms with Crippen LogP contribution < -0.4 is 5.32 Å². The van der Waals surface area contributed by atoms with Gasteiger partial charge in [-0.25, -0.2) is 0 Å². The van der Waals surface area contributed by atoms with E-state index in [1.165, 1.54) is 110 Å². The number of aliphatic hydroxyl groups is 6. The smallest absolute Gasteiger partial charge is 0.220 e. The molecule has 8 atom stereocenters. The highest BCUT2D eigenvalue weighted by Crippen LogP contribution is 2.23. The van der Waals surface area contributed by atoms with Crippen molar-refractivity contribution < 1.29 is 44.9 Å². The Hall–Kier alpha value is -0.890. The lowest BCUT2D eigenvalue weighted by Crippen LogP contribution is -2.60. The summed E-state index contributed by atoms with van der Waals surface area (Å²) in [6, 6.07) is -0.984. The van der Waals surface area contributed by atoms with E-state index in [4.69, 9.17) is 9.47 Å². The Morgan fingerprint density at radius 1 is 0.740 bits per heavy atom. The second kappa shape index (κ2) is 28.6. The first kappa shape index (κ1) is 45.3. The standard InChI is InChI=1S/C39H76N2O9/c1-2-3-4-5-6-7-8-9-10-13-16-19-24-32(43)35(45)31(30-49-39-38(48)37(47)36(46)33(29-42)50-39)40-34(44)25-20-17-14-11-12-15-18-21-26-41-27-22-23-28-41/h31-33,35-39,42-43,45-48H,2-30H2,1H3,(H,40,44)/t31-,32+,33+,35-,36-,37-,38+,39-/m0/s1. The van der Waals surface area contributed by atoms with E-state index in [1.54, 1.807) is 0 Å².